The van der Waals surface area contributed by atoms with Crippen LogP contribution in [0.4, 0.5) is 17.1 Å². The predicted molar refractivity (Wildman–Crippen MR) is 265 cm³/mol. The van der Waals surface area contributed by atoms with E-state index >= 15 is 0 Å². The van der Waals surface area contributed by atoms with E-state index in [0.29, 0.717) is 0 Å². The molecule has 0 saturated heterocycles. The lowest BCUT2D eigenvalue weighted by molar-refractivity contribution is 0.487. The molecule has 0 bridgehead atoms. The Bertz CT molecular complexity index is 3180. The quantitative estimate of drug-likeness (QED) is 0.155. The molecule has 2 nitrogen and oxygen atoms in total. The number of nitrogens with zero attached hydrogens (tertiary/aromatic N) is 1. The molecule has 0 fully saturated rings. The standard InChI is InChI=1S/C58H41NOSi2/c1-4-21-44(22-5-1)59(45-37-35-43(36-38-45)50-28-18-20-42-19-10-11-27-49(42)50)46-39-40-52-58(41-46)62(53-30-13-12-29-51(53)60-52)56-33-16-14-31-54(56)61(47-23-6-2-7-24-47,48-25-8-3-9-26-48)55-32-15-17-34-57(55)62/h1-41H. The number of rotatable bonds is 6. The molecule has 0 aliphatic carbocycles. The Labute approximate surface area is 364 Å². The van der Waals surface area contributed by atoms with Gasteiger partial charge < -0.3 is 9.64 Å². The monoisotopic (exact) mass is 823 g/mol. The van der Waals surface area contributed by atoms with Crippen molar-refractivity contribution >= 4 is 85.5 Å². The summed E-state index contributed by atoms with van der Waals surface area (Å²) in [6, 6.07) is 92.5. The Balaban J connectivity index is 1.12. The molecule has 4 heteroatoms. The van der Waals surface area contributed by atoms with Gasteiger partial charge >= 0.3 is 0 Å². The van der Waals surface area contributed by atoms with Crippen molar-refractivity contribution in [3.8, 4) is 22.6 Å². The topological polar surface area (TPSA) is 12.5 Å². The van der Waals surface area contributed by atoms with E-state index in [-0.39, 0.29) is 0 Å². The van der Waals surface area contributed by atoms with Gasteiger partial charge in [0.2, 0.25) is 0 Å². The van der Waals surface area contributed by atoms with E-state index in [1.54, 1.807) is 0 Å². The first-order chi connectivity index (χ1) is 30.8. The van der Waals surface area contributed by atoms with E-state index < -0.39 is 16.1 Å². The number of fused-ring (bicyclic) bond motifs is 9. The highest BCUT2D eigenvalue weighted by Gasteiger charge is 2.59. The Morgan fingerprint density at radius 2 is 0.774 bits per heavy atom. The summed E-state index contributed by atoms with van der Waals surface area (Å²) in [5.74, 6) is 1.87. The Morgan fingerprint density at radius 3 is 1.42 bits per heavy atom. The third kappa shape index (κ3) is 5.34. The Kier molecular flexibility index (Phi) is 8.56. The Hall–Kier alpha value is -7.51. The summed E-state index contributed by atoms with van der Waals surface area (Å²) in [5, 5.41) is 13.7. The molecule has 0 N–H and O–H groups in total. The third-order valence-corrected chi connectivity index (χ3v) is 23.6. The molecule has 1 spiro atoms. The van der Waals surface area contributed by atoms with Crippen LogP contribution in [0.25, 0.3) is 21.9 Å². The van der Waals surface area contributed by atoms with E-state index in [2.05, 4.69) is 254 Å². The van der Waals surface area contributed by atoms with Gasteiger partial charge in [0.15, 0.2) is 16.1 Å². The second-order valence-electron chi connectivity index (χ2n) is 16.3. The molecule has 0 amide bonds. The largest absolute Gasteiger partial charge is 0.458 e. The molecule has 0 unspecified atom stereocenters. The van der Waals surface area contributed by atoms with Gasteiger partial charge in [-0.05, 0) is 112 Å². The van der Waals surface area contributed by atoms with E-state index in [4.69, 9.17) is 4.74 Å². The number of hydrogen-bond acceptors (Lipinski definition) is 2. The van der Waals surface area contributed by atoms with Crippen molar-refractivity contribution in [1.29, 1.82) is 0 Å². The molecule has 62 heavy (non-hydrogen) atoms. The van der Waals surface area contributed by atoms with E-state index in [1.807, 2.05) is 0 Å². The fraction of sp³-hybridized carbons (Fsp3) is 0. The van der Waals surface area contributed by atoms with E-state index in [0.717, 1.165) is 28.6 Å². The molecule has 2 aliphatic heterocycles. The zero-order valence-electron chi connectivity index (χ0n) is 34.0. The van der Waals surface area contributed by atoms with Crippen LogP contribution >= 0.6 is 0 Å². The average molecular weight is 824 g/mol. The SMILES string of the molecule is c1ccc(N(c2ccc(-c3cccc4ccccc34)cc2)c2ccc3c(c2)[Si]2(c4ccccc4O3)c3ccccc3[Si](c3ccccc3)(c3ccccc3)c3ccccc32)cc1. The summed E-state index contributed by atoms with van der Waals surface area (Å²) in [4.78, 5) is 2.41. The molecule has 10 aromatic carbocycles. The maximum atomic E-state index is 7.03. The smallest absolute Gasteiger partial charge is 0.188 e. The van der Waals surface area contributed by atoms with Crippen LogP contribution < -0.4 is 51.1 Å². The zero-order chi connectivity index (χ0) is 41.1. The van der Waals surface area contributed by atoms with Gasteiger partial charge in [-0.25, -0.2) is 0 Å². The summed E-state index contributed by atoms with van der Waals surface area (Å²) >= 11 is 0. The van der Waals surface area contributed by atoms with E-state index in [9.17, 15) is 0 Å². The van der Waals surface area contributed by atoms with Gasteiger partial charge in [0.1, 0.15) is 11.5 Å². The molecule has 0 aromatic heterocycles. The number of para-hydroxylation sites is 2. The maximum Gasteiger partial charge on any atom is 0.188 e. The summed E-state index contributed by atoms with van der Waals surface area (Å²) in [6.45, 7) is 0. The van der Waals surface area contributed by atoms with Crippen LogP contribution in [0.15, 0.2) is 249 Å². The summed E-state index contributed by atoms with van der Waals surface area (Å²) < 4.78 is 7.03. The highest BCUT2D eigenvalue weighted by molar-refractivity contribution is 7.33. The number of benzene rings is 10. The first-order valence-electron chi connectivity index (χ1n) is 21.4. The minimum atomic E-state index is -3.08. The highest BCUT2D eigenvalue weighted by atomic mass is 28.3. The molecule has 0 radical (unpaired) electrons. The van der Waals surface area contributed by atoms with Crippen LogP contribution in [-0.2, 0) is 0 Å². The third-order valence-electron chi connectivity index (χ3n) is 13.3. The average Bonchev–Trinajstić information content (AvgIpc) is 3.35. The molecule has 0 atom stereocenters. The van der Waals surface area contributed by atoms with Crippen LogP contribution in [0.5, 0.6) is 11.5 Å². The van der Waals surface area contributed by atoms with Crippen LogP contribution in [0, 0.1) is 0 Å². The van der Waals surface area contributed by atoms with Crippen molar-refractivity contribution < 1.29 is 4.74 Å². The molecular formula is C58H41NOSi2. The lowest BCUT2D eigenvalue weighted by Gasteiger charge is -2.50. The van der Waals surface area contributed by atoms with Crippen molar-refractivity contribution in [3.63, 3.8) is 0 Å². The molecule has 10 aromatic rings. The molecule has 292 valence electrons. The predicted octanol–water partition coefficient (Wildman–Crippen LogP) is 9.15. The summed E-state index contributed by atoms with van der Waals surface area (Å²) in [6.07, 6.45) is 0. The van der Waals surface area contributed by atoms with Crippen LogP contribution in [0.3, 0.4) is 0 Å². The highest BCUT2D eigenvalue weighted by Crippen LogP contribution is 2.39. The fourth-order valence-electron chi connectivity index (χ4n) is 10.8. The molecule has 2 heterocycles. The summed E-state index contributed by atoms with van der Waals surface area (Å²) in [7, 11) is -5.92. The lowest BCUT2D eigenvalue weighted by atomic mass is 9.98. The lowest BCUT2D eigenvalue weighted by Crippen LogP contribution is -2.93. The zero-order valence-corrected chi connectivity index (χ0v) is 36.0. The minimum Gasteiger partial charge on any atom is -0.458 e. The first kappa shape index (κ1) is 36.4. The van der Waals surface area contributed by atoms with E-state index in [1.165, 1.54) is 63.4 Å². The van der Waals surface area contributed by atoms with Gasteiger partial charge in [0, 0.05) is 17.1 Å². The summed E-state index contributed by atoms with van der Waals surface area (Å²) in [5.41, 5.74) is 5.72. The normalized spacial score (nSPS) is 13.9. The second kappa shape index (κ2) is 14.6. The van der Waals surface area contributed by atoms with Crippen molar-refractivity contribution in [2.75, 3.05) is 4.90 Å². The van der Waals surface area contributed by atoms with Gasteiger partial charge in [0.25, 0.3) is 0 Å². The van der Waals surface area contributed by atoms with Gasteiger partial charge in [0.05, 0.1) is 0 Å². The van der Waals surface area contributed by atoms with Crippen LogP contribution in [-0.4, -0.2) is 16.1 Å². The molecule has 0 saturated carbocycles. The number of anilines is 3. The molecule has 12 rings (SSSR count). The number of ether oxygens (including phenoxy) is 1. The van der Waals surface area contributed by atoms with Gasteiger partial charge in [-0.3, -0.25) is 0 Å². The fourth-order valence-corrected chi connectivity index (χ4v) is 23.1. The van der Waals surface area contributed by atoms with Crippen molar-refractivity contribution in [3.05, 3.63) is 249 Å². The van der Waals surface area contributed by atoms with Crippen molar-refractivity contribution in [2.45, 2.75) is 0 Å². The van der Waals surface area contributed by atoms with Crippen LogP contribution in [0.2, 0.25) is 0 Å². The Morgan fingerprint density at radius 1 is 0.306 bits per heavy atom. The minimum absolute atomic E-state index is 0.927. The van der Waals surface area contributed by atoms with Gasteiger partial charge in [-0.15, -0.1) is 0 Å². The van der Waals surface area contributed by atoms with Crippen molar-refractivity contribution in [2.24, 2.45) is 0 Å². The van der Waals surface area contributed by atoms with Crippen LogP contribution in [0.1, 0.15) is 0 Å². The second-order valence-corrected chi connectivity index (χ2v) is 23.7. The van der Waals surface area contributed by atoms with Gasteiger partial charge in [-0.2, -0.15) is 0 Å². The first-order valence-corrected chi connectivity index (χ1v) is 25.4. The van der Waals surface area contributed by atoms with Gasteiger partial charge in [-0.1, -0.05) is 200 Å². The molecular weight excluding hydrogens is 783 g/mol. The molecule has 2 aliphatic rings. The number of hydrogen-bond donors (Lipinski definition) is 0. The maximum absolute atomic E-state index is 7.03. The van der Waals surface area contributed by atoms with Crippen molar-refractivity contribution in [1.82, 2.24) is 0 Å².